The Morgan fingerprint density at radius 1 is 1.33 bits per heavy atom. The van der Waals surface area contributed by atoms with E-state index in [2.05, 4.69) is 5.16 Å². The van der Waals surface area contributed by atoms with E-state index in [1.54, 1.807) is 0 Å². The van der Waals surface area contributed by atoms with Crippen LogP contribution in [0.1, 0.15) is 36.3 Å². The predicted molar refractivity (Wildman–Crippen MR) is 90.9 cm³/mol. The first kappa shape index (κ1) is 17.0. The molecular weight excluding hydrogens is 328 g/mol. The molecule has 1 amide bonds. The van der Waals surface area contributed by atoms with Crippen molar-refractivity contribution in [3.05, 3.63) is 52.4 Å². The van der Waals surface area contributed by atoms with Crippen LogP contribution in [0.15, 0.2) is 34.9 Å². The van der Waals surface area contributed by atoms with Crippen LogP contribution in [-0.2, 0) is 16.0 Å². The van der Waals surface area contributed by atoms with Crippen LogP contribution in [-0.4, -0.2) is 35.2 Å². The molecular formula is C18H21ClN2O3. The van der Waals surface area contributed by atoms with Crippen LogP contribution >= 0.6 is 11.6 Å². The highest BCUT2D eigenvalue weighted by Crippen LogP contribution is 2.26. The number of carbonyl (C=O) groups excluding carboxylic acids is 1. The Labute approximate surface area is 146 Å². The number of nitrogens with zero attached hydrogens (tertiary/aromatic N) is 2. The first-order valence-electron chi connectivity index (χ1n) is 8.13. The second kappa shape index (κ2) is 7.36. The van der Waals surface area contributed by atoms with Gasteiger partial charge in [-0.05, 0) is 37.4 Å². The van der Waals surface area contributed by atoms with Gasteiger partial charge in [-0.25, -0.2) is 0 Å². The van der Waals surface area contributed by atoms with Crippen LogP contribution in [0.2, 0.25) is 5.22 Å². The smallest absolute Gasteiger partial charge is 0.229 e. The molecule has 0 saturated carbocycles. The lowest BCUT2D eigenvalue weighted by atomic mass is 10.1. The van der Waals surface area contributed by atoms with Gasteiger partial charge in [-0.2, -0.15) is 0 Å². The Morgan fingerprint density at radius 3 is 2.75 bits per heavy atom. The number of amides is 1. The number of halogens is 1. The molecule has 0 aliphatic carbocycles. The molecule has 5 nitrogen and oxygen atoms in total. The van der Waals surface area contributed by atoms with E-state index in [-0.39, 0.29) is 23.3 Å². The summed E-state index contributed by atoms with van der Waals surface area (Å²) >= 11 is 5.97. The average molecular weight is 349 g/mol. The molecule has 2 aromatic rings. The number of benzene rings is 1. The van der Waals surface area contributed by atoms with Crippen LogP contribution in [0, 0.1) is 6.92 Å². The first-order valence-corrected chi connectivity index (χ1v) is 8.51. The standard InChI is InChI=1S/C18H21ClN2O3/c1-12-10-21(11-16(23-12)14-6-4-3-5-7-14)17(22)9-8-15-13(2)20-24-18(15)19/h3-7,12,16H,8-11H2,1-2H3/t12-,16+/m0/s1. The summed E-state index contributed by atoms with van der Waals surface area (Å²) in [5.74, 6) is 0.0998. The molecule has 0 spiro atoms. The summed E-state index contributed by atoms with van der Waals surface area (Å²) in [6.07, 6.45) is 0.846. The Morgan fingerprint density at radius 2 is 2.08 bits per heavy atom. The summed E-state index contributed by atoms with van der Waals surface area (Å²) in [4.78, 5) is 14.5. The minimum Gasteiger partial charge on any atom is -0.367 e. The second-order valence-corrected chi connectivity index (χ2v) is 6.51. The van der Waals surface area contributed by atoms with Crippen molar-refractivity contribution in [1.82, 2.24) is 10.1 Å². The lowest BCUT2D eigenvalue weighted by molar-refractivity contribution is -0.144. The van der Waals surface area contributed by atoms with Gasteiger partial charge in [0, 0.05) is 18.5 Å². The van der Waals surface area contributed by atoms with Crippen molar-refractivity contribution in [2.24, 2.45) is 0 Å². The molecule has 0 N–H and O–H groups in total. The lowest BCUT2D eigenvalue weighted by Gasteiger charge is -2.37. The Hall–Kier alpha value is -1.85. The molecule has 1 aliphatic heterocycles. The van der Waals surface area contributed by atoms with Gasteiger partial charge in [0.25, 0.3) is 0 Å². The number of hydrogen-bond acceptors (Lipinski definition) is 4. The van der Waals surface area contributed by atoms with Crippen LogP contribution < -0.4 is 0 Å². The van der Waals surface area contributed by atoms with Gasteiger partial charge < -0.3 is 14.2 Å². The van der Waals surface area contributed by atoms with Crippen LogP contribution in [0.3, 0.4) is 0 Å². The molecule has 24 heavy (non-hydrogen) atoms. The third-order valence-electron chi connectivity index (χ3n) is 4.31. The topological polar surface area (TPSA) is 55.6 Å². The van der Waals surface area contributed by atoms with E-state index < -0.39 is 0 Å². The number of aromatic nitrogens is 1. The number of ether oxygens (including phenoxy) is 1. The van der Waals surface area contributed by atoms with E-state index in [0.717, 1.165) is 16.8 Å². The number of morpholine rings is 1. The Bertz CT molecular complexity index is 682. The van der Waals surface area contributed by atoms with Gasteiger partial charge in [0.15, 0.2) is 0 Å². The first-order chi connectivity index (χ1) is 11.5. The number of hydrogen-bond donors (Lipinski definition) is 0. The highest BCUT2D eigenvalue weighted by molar-refractivity contribution is 6.29. The summed E-state index contributed by atoms with van der Waals surface area (Å²) in [5.41, 5.74) is 2.65. The van der Waals surface area contributed by atoms with Gasteiger partial charge in [0.2, 0.25) is 11.1 Å². The van der Waals surface area contributed by atoms with Gasteiger partial charge in [-0.3, -0.25) is 4.79 Å². The molecule has 128 valence electrons. The molecule has 1 aromatic heterocycles. The Balaban J connectivity index is 1.64. The van der Waals surface area contributed by atoms with E-state index in [0.29, 0.717) is 25.9 Å². The van der Waals surface area contributed by atoms with Gasteiger partial charge in [-0.15, -0.1) is 0 Å². The highest BCUT2D eigenvalue weighted by Gasteiger charge is 2.29. The summed E-state index contributed by atoms with van der Waals surface area (Å²) in [6, 6.07) is 10.0. The fourth-order valence-corrected chi connectivity index (χ4v) is 3.30. The molecule has 0 bridgehead atoms. The van der Waals surface area contributed by atoms with Crippen LogP contribution in [0.4, 0.5) is 0 Å². The molecule has 0 unspecified atom stereocenters. The third-order valence-corrected chi connectivity index (χ3v) is 4.61. The Kier molecular flexibility index (Phi) is 5.21. The number of carbonyl (C=O) groups is 1. The van der Waals surface area contributed by atoms with Gasteiger partial charge in [-0.1, -0.05) is 35.5 Å². The number of rotatable bonds is 4. The quantitative estimate of drug-likeness (QED) is 0.847. The average Bonchev–Trinajstić information content (AvgIpc) is 2.91. The second-order valence-electron chi connectivity index (χ2n) is 6.16. The highest BCUT2D eigenvalue weighted by atomic mass is 35.5. The fraction of sp³-hybridized carbons (Fsp3) is 0.444. The zero-order chi connectivity index (χ0) is 17.1. The maximum absolute atomic E-state index is 12.6. The van der Waals surface area contributed by atoms with Crippen molar-refractivity contribution in [3.8, 4) is 0 Å². The summed E-state index contributed by atoms with van der Waals surface area (Å²) in [7, 11) is 0. The van der Waals surface area contributed by atoms with Crippen LogP contribution in [0.25, 0.3) is 0 Å². The molecule has 1 aliphatic rings. The normalized spacial score (nSPS) is 21.0. The largest absolute Gasteiger partial charge is 0.367 e. The molecule has 0 radical (unpaired) electrons. The fourth-order valence-electron chi connectivity index (χ4n) is 3.04. The molecule has 1 aromatic carbocycles. The van der Waals surface area contributed by atoms with Gasteiger partial charge in [0.05, 0.1) is 18.3 Å². The monoisotopic (exact) mass is 348 g/mol. The number of aryl methyl sites for hydroxylation is 1. The maximum Gasteiger partial charge on any atom is 0.229 e. The van der Waals surface area contributed by atoms with Crippen molar-refractivity contribution in [3.63, 3.8) is 0 Å². The summed E-state index contributed by atoms with van der Waals surface area (Å²) in [6.45, 7) is 5.01. The summed E-state index contributed by atoms with van der Waals surface area (Å²) < 4.78 is 10.9. The zero-order valence-electron chi connectivity index (χ0n) is 13.9. The van der Waals surface area contributed by atoms with E-state index >= 15 is 0 Å². The maximum atomic E-state index is 12.6. The lowest BCUT2D eigenvalue weighted by Crippen LogP contribution is -2.46. The van der Waals surface area contributed by atoms with E-state index in [9.17, 15) is 4.79 Å². The molecule has 1 fully saturated rings. The van der Waals surface area contributed by atoms with Crippen LogP contribution in [0.5, 0.6) is 0 Å². The van der Waals surface area contributed by atoms with E-state index in [1.807, 2.05) is 49.1 Å². The molecule has 2 atom stereocenters. The minimum atomic E-state index is -0.0835. The SMILES string of the molecule is Cc1noc(Cl)c1CCC(=O)N1C[C@H](C)O[C@@H](c2ccccc2)C1. The van der Waals surface area contributed by atoms with E-state index in [1.165, 1.54) is 0 Å². The van der Waals surface area contributed by atoms with Gasteiger partial charge >= 0.3 is 0 Å². The van der Waals surface area contributed by atoms with Crippen molar-refractivity contribution in [2.45, 2.75) is 38.9 Å². The molecule has 1 saturated heterocycles. The third kappa shape index (κ3) is 3.79. The molecule has 6 heteroatoms. The van der Waals surface area contributed by atoms with Crippen molar-refractivity contribution in [2.75, 3.05) is 13.1 Å². The van der Waals surface area contributed by atoms with Crippen molar-refractivity contribution < 1.29 is 14.1 Å². The minimum absolute atomic E-state index is 0.00817. The van der Waals surface area contributed by atoms with Gasteiger partial charge in [0.1, 0.15) is 6.10 Å². The zero-order valence-corrected chi connectivity index (χ0v) is 14.6. The molecule has 2 heterocycles. The van der Waals surface area contributed by atoms with E-state index in [4.69, 9.17) is 20.9 Å². The van der Waals surface area contributed by atoms with Crippen molar-refractivity contribution in [1.29, 1.82) is 0 Å². The molecule has 3 rings (SSSR count). The summed E-state index contributed by atoms with van der Waals surface area (Å²) in [5, 5.41) is 4.09. The predicted octanol–water partition coefficient (Wildman–Crippen LogP) is 3.56. The van der Waals surface area contributed by atoms with Crippen molar-refractivity contribution >= 4 is 17.5 Å².